The molecule has 0 radical (unpaired) electrons. The lowest BCUT2D eigenvalue weighted by Gasteiger charge is -2.57. The molecule has 1 aromatic heterocycles. The normalized spacial score (nSPS) is 22.5. The van der Waals surface area contributed by atoms with E-state index in [4.69, 9.17) is 11.6 Å². The highest BCUT2D eigenvalue weighted by atomic mass is 35.5. The molecule has 2 aliphatic rings. The maximum atomic E-state index is 13.5. The molecule has 6 heteroatoms. The van der Waals surface area contributed by atoms with Crippen molar-refractivity contribution in [2.45, 2.75) is 18.9 Å². The molecule has 2 fully saturated rings. The number of rotatable bonds is 2. The number of benzene rings is 1. The number of hydrogen-bond acceptors (Lipinski definition) is 3. The van der Waals surface area contributed by atoms with Crippen molar-refractivity contribution in [3.63, 3.8) is 0 Å². The summed E-state index contributed by atoms with van der Waals surface area (Å²) in [4.78, 5) is 19.2. The molecule has 2 aliphatic heterocycles. The van der Waals surface area contributed by atoms with Crippen molar-refractivity contribution >= 4 is 23.2 Å². The molecule has 2 aromatic rings. The molecule has 4 rings (SSSR count). The number of pyridine rings is 1. The van der Waals surface area contributed by atoms with Gasteiger partial charge in [0.05, 0.1) is 22.2 Å². The van der Waals surface area contributed by atoms with Gasteiger partial charge in [-0.05, 0) is 56.3 Å². The topological polar surface area (TPSA) is 45.2 Å². The Balaban J connectivity index is 1.78. The van der Waals surface area contributed by atoms with Crippen molar-refractivity contribution in [2.24, 2.45) is 5.41 Å². The number of β-lactam (4-membered cyclic amide) rings is 1. The zero-order valence-electron chi connectivity index (χ0n) is 13.0. The molecular formula is C18H17ClFN3O. The Kier molecular flexibility index (Phi) is 3.77. The van der Waals surface area contributed by atoms with Crippen LogP contribution in [0.2, 0.25) is 5.02 Å². The third-order valence-corrected chi connectivity index (χ3v) is 5.36. The largest absolute Gasteiger partial charge is 0.317 e. The molecule has 0 bridgehead atoms. The molecule has 124 valence electrons. The lowest BCUT2D eigenvalue weighted by Crippen LogP contribution is -2.66. The molecule has 0 saturated carbocycles. The molecule has 1 amide bonds. The van der Waals surface area contributed by atoms with Crippen molar-refractivity contribution in [1.82, 2.24) is 10.3 Å². The molecule has 1 atom stereocenters. The number of amides is 1. The highest BCUT2D eigenvalue weighted by Crippen LogP contribution is 2.56. The van der Waals surface area contributed by atoms with E-state index in [-0.39, 0.29) is 17.0 Å². The Morgan fingerprint density at radius 2 is 2.04 bits per heavy atom. The average Bonchev–Trinajstić information content (AvgIpc) is 2.63. The van der Waals surface area contributed by atoms with E-state index in [2.05, 4.69) is 10.3 Å². The summed E-state index contributed by atoms with van der Waals surface area (Å²) in [6.45, 7) is 1.63. The first kappa shape index (κ1) is 15.5. The fourth-order valence-electron chi connectivity index (χ4n) is 3.87. The van der Waals surface area contributed by atoms with Crippen molar-refractivity contribution in [1.29, 1.82) is 0 Å². The Labute approximate surface area is 144 Å². The van der Waals surface area contributed by atoms with Crippen LogP contribution in [-0.2, 0) is 4.79 Å². The minimum atomic E-state index is -0.487. The Morgan fingerprint density at radius 1 is 1.25 bits per heavy atom. The summed E-state index contributed by atoms with van der Waals surface area (Å²) in [5.74, 6) is -0.415. The van der Waals surface area contributed by atoms with Crippen molar-refractivity contribution in [3.8, 4) is 0 Å². The van der Waals surface area contributed by atoms with E-state index in [1.54, 1.807) is 17.2 Å². The molecule has 4 nitrogen and oxygen atoms in total. The van der Waals surface area contributed by atoms with Crippen molar-refractivity contribution in [3.05, 3.63) is 59.1 Å². The Morgan fingerprint density at radius 3 is 2.71 bits per heavy atom. The summed E-state index contributed by atoms with van der Waals surface area (Å²) in [6, 6.07) is 10.00. The number of carbonyl (C=O) groups excluding carboxylic acids is 1. The van der Waals surface area contributed by atoms with E-state index in [1.807, 2.05) is 18.2 Å². The van der Waals surface area contributed by atoms with E-state index < -0.39 is 11.2 Å². The molecular weight excluding hydrogens is 329 g/mol. The van der Waals surface area contributed by atoms with E-state index in [0.29, 0.717) is 5.69 Å². The van der Waals surface area contributed by atoms with Crippen LogP contribution in [-0.4, -0.2) is 24.0 Å². The van der Waals surface area contributed by atoms with Crippen LogP contribution in [0, 0.1) is 11.2 Å². The number of carbonyl (C=O) groups is 1. The van der Waals surface area contributed by atoms with Gasteiger partial charge in [-0.1, -0.05) is 17.7 Å². The van der Waals surface area contributed by atoms with Crippen molar-refractivity contribution in [2.75, 3.05) is 18.0 Å². The number of aromatic nitrogens is 1. The third kappa shape index (κ3) is 2.23. The highest BCUT2D eigenvalue weighted by Gasteiger charge is 2.61. The lowest BCUT2D eigenvalue weighted by atomic mass is 9.63. The molecule has 1 N–H and O–H groups in total. The fraction of sp³-hybridized carbons (Fsp3) is 0.333. The number of nitrogens with zero attached hydrogens (tertiary/aromatic N) is 2. The predicted octanol–water partition coefficient (Wildman–Crippen LogP) is 3.33. The van der Waals surface area contributed by atoms with Crippen LogP contribution in [0.15, 0.2) is 42.6 Å². The minimum absolute atomic E-state index is 0.0198. The molecule has 1 unspecified atom stereocenters. The van der Waals surface area contributed by atoms with Crippen LogP contribution in [0.3, 0.4) is 0 Å². The fourth-order valence-corrected chi connectivity index (χ4v) is 4.04. The van der Waals surface area contributed by atoms with Gasteiger partial charge in [-0.2, -0.15) is 0 Å². The quantitative estimate of drug-likeness (QED) is 0.849. The number of hydrogen-bond donors (Lipinski definition) is 1. The Bertz CT molecular complexity index is 777. The van der Waals surface area contributed by atoms with Crippen LogP contribution in [0.1, 0.15) is 24.6 Å². The highest BCUT2D eigenvalue weighted by molar-refractivity contribution is 6.31. The summed E-state index contributed by atoms with van der Waals surface area (Å²) < 4.78 is 13.5. The number of nitrogens with one attached hydrogen (secondary N) is 1. The van der Waals surface area contributed by atoms with E-state index in [0.717, 1.165) is 31.6 Å². The summed E-state index contributed by atoms with van der Waals surface area (Å²) in [7, 11) is 0. The van der Waals surface area contributed by atoms with Crippen LogP contribution < -0.4 is 10.2 Å². The summed E-state index contributed by atoms with van der Waals surface area (Å²) in [5.41, 5.74) is 1.05. The molecule has 2 saturated heterocycles. The van der Waals surface area contributed by atoms with Crippen LogP contribution in [0.5, 0.6) is 0 Å². The smallest absolute Gasteiger partial charge is 0.236 e. The number of piperidine rings is 1. The second-order valence-electron chi connectivity index (χ2n) is 6.34. The summed E-state index contributed by atoms with van der Waals surface area (Å²) in [5, 5.41) is 3.33. The van der Waals surface area contributed by atoms with Gasteiger partial charge in [0, 0.05) is 11.9 Å². The number of halogens is 2. The monoisotopic (exact) mass is 345 g/mol. The molecule has 0 aliphatic carbocycles. The first-order valence-electron chi connectivity index (χ1n) is 8.04. The Hall–Kier alpha value is -1.98. The average molecular weight is 346 g/mol. The van der Waals surface area contributed by atoms with Gasteiger partial charge in [0.25, 0.3) is 0 Å². The summed E-state index contributed by atoms with van der Waals surface area (Å²) in [6.07, 6.45) is 3.29. The van der Waals surface area contributed by atoms with Gasteiger partial charge in [0.2, 0.25) is 5.91 Å². The number of anilines is 1. The SMILES string of the molecule is O=C1N(c2ccc(F)c(Cl)c2)C(c2ccccn2)C12CCNCC2. The van der Waals surface area contributed by atoms with Gasteiger partial charge in [0.15, 0.2) is 0 Å². The van der Waals surface area contributed by atoms with Crippen LogP contribution >= 0.6 is 11.6 Å². The maximum Gasteiger partial charge on any atom is 0.236 e. The molecule has 1 spiro atoms. The van der Waals surface area contributed by atoms with Gasteiger partial charge < -0.3 is 10.2 Å². The van der Waals surface area contributed by atoms with Crippen molar-refractivity contribution < 1.29 is 9.18 Å². The third-order valence-electron chi connectivity index (χ3n) is 5.07. The maximum absolute atomic E-state index is 13.5. The van der Waals surface area contributed by atoms with Gasteiger partial charge >= 0.3 is 0 Å². The van der Waals surface area contributed by atoms with Gasteiger partial charge in [-0.25, -0.2) is 4.39 Å². The molecule has 3 heterocycles. The van der Waals surface area contributed by atoms with Gasteiger partial charge in [-0.15, -0.1) is 0 Å². The van der Waals surface area contributed by atoms with E-state index in [9.17, 15) is 9.18 Å². The second-order valence-corrected chi connectivity index (χ2v) is 6.74. The first-order valence-corrected chi connectivity index (χ1v) is 8.42. The second kappa shape index (κ2) is 5.83. The molecule has 24 heavy (non-hydrogen) atoms. The first-order chi connectivity index (χ1) is 11.6. The van der Waals surface area contributed by atoms with E-state index >= 15 is 0 Å². The zero-order chi connectivity index (χ0) is 16.7. The predicted molar refractivity (Wildman–Crippen MR) is 90.4 cm³/mol. The van der Waals surface area contributed by atoms with Crippen LogP contribution in [0.25, 0.3) is 0 Å². The molecule has 1 aromatic carbocycles. The van der Waals surface area contributed by atoms with Crippen LogP contribution in [0.4, 0.5) is 10.1 Å². The zero-order valence-corrected chi connectivity index (χ0v) is 13.8. The van der Waals surface area contributed by atoms with Gasteiger partial charge in [-0.3, -0.25) is 9.78 Å². The van der Waals surface area contributed by atoms with E-state index in [1.165, 1.54) is 12.1 Å². The lowest BCUT2D eigenvalue weighted by molar-refractivity contribution is -0.142. The standard InChI is InChI=1S/C18H17ClFN3O/c19-13-11-12(4-5-14(13)20)23-16(15-3-1-2-8-22-15)18(17(23)24)6-9-21-10-7-18/h1-5,8,11,16,21H,6-7,9-10H2. The minimum Gasteiger partial charge on any atom is -0.317 e. The van der Waals surface area contributed by atoms with Gasteiger partial charge in [0.1, 0.15) is 5.82 Å². The summed E-state index contributed by atoms with van der Waals surface area (Å²) >= 11 is 5.92.